The summed E-state index contributed by atoms with van der Waals surface area (Å²) in [5.41, 5.74) is 2.70. The number of nitrogens with zero attached hydrogens (tertiary/aromatic N) is 4. The second-order valence-electron chi connectivity index (χ2n) is 6.13. The second-order valence-corrected chi connectivity index (χ2v) is 8.05. The van der Waals surface area contributed by atoms with Crippen LogP contribution in [0.4, 0.5) is 4.39 Å². The topological polar surface area (TPSA) is 79.5 Å². The predicted octanol–water partition coefficient (Wildman–Crippen LogP) is 5.25. The largest absolute Gasteiger partial charge is 0.293 e. The number of pyridine rings is 1. The first-order valence-corrected chi connectivity index (χ1v) is 10.7. The van der Waals surface area contributed by atoms with Gasteiger partial charge in [-0.1, -0.05) is 17.8 Å². The quantitative estimate of drug-likeness (QED) is 0.306. The van der Waals surface area contributed by atoms with Crippen LogP contribution in [0, 0.1) is 17.1 Å². The molecule has 0 aliphatic carbocycles. The Morgan fingerprint density at radius 2 is 2.00 bits per heavy atom. The smallest absolute Gasteiger partial charge is 0.173 e. The van der Waals surface area contributed by atoms with E-state index in [4.69, 9.17) is 0 Å². The van der Waals surface area contributed by atoms with Crippen LogP contribution < -0.4 is 0 Å². The van der Waals surface area contributed by atoms with Crippen molar-refractivity contribution in [2.24, 2.45) is 0 Å². The van der Waals surface area contributed by atoms with E-state index in [2.05, 4.69) is 21.0 Å². The lowest BCUT2D eigenvalue weighted by Crippen LogP contribution is -2.04. The van der Waals surface area contributed by atoms with Gasteiger partial charge in [0.25, 0.3) is 0 Å². The predicted molar refractivity (Wildman–Crippen MR) is 115 cm³/mol. The molecule has 0 unspecified atom stereocenters. The summed E-state index contributed by atoms with van der Waals surface area (Å²) in [6.07, 6.45) is 4.75. The van der Waals surface area contributed by atoms with E-state index in [1.807, 2.05) is 23.6 Å². The van der Waals surface area contributed by atoms with Crippen LogP contribution in [-0.2, 0) is 0 Å². The highest BCUT2D eigenvalue weighted by atomic mass is 32.2. The summed E-state index contributed by atoms with van der Waals surface area (Å²) in [7, 11) is 0. The molecule has 0 saturated heterocycles. The summed E-state index contributed by atoms with van der Waals surface area (Å²) in [6, 6.07) is 13.3. The van der Waals surface area contributed by atoms with Crippen LogP contribution in [0.3, 0.4) is 0 Å². The van der Waals surface area contributed by atoms with Gasteiger partial charge in [-0.3, -0.25) is 14.8 Å². The molecule has 0 amide bonds. The molecule has 30 heavy (non-hydrogen) atoms. The van der Waals surface area contributed by atoms with E-state index in [1.165, 1.54) is 47.4 Å². The molecule has 0 saturated carbocycles. The summed E-state index contributed by atoms with van der Waals surface area (Å²) < 4.78 is 13.1. The molecule has 0 bridgehead atoms. The molecule has 0 atom stereocenters. The Balaban J connectivity index is 1.72. The fourth-order valence-corrected chi connectivity index (χ4v) is 4.42. The van der Waals surface area contributed by atoms with Gasteiger partial charge < -0.3 is 0 Å². The molecule has 0 aliphatic heterocycles. The van der Waals surface area contributed by atoms with E-state index in [1.54, 1.807) is 18.6 Å². The van der Waals surface area contributed by atoms with Gasteiger partial charge in [0.1, 0.15) is 22.6 Å². The highest BCUT2D eigenvalue weighted by molar-refractivity contribution is 8.00. The number of Topliss-reactive ketones (excluding diaryl/α,β-unsaturated/α-hetero) is 1. The van der Waals surface area contributed by atoms with E-state index >= 15 is 0 Å². The van der Waals surface area contributed by atoms with Crippen molar-refractivity contribution in [1.82, 2.24) is 15.0 Å². The number of halogens is 1. The van der Waals surface area contributed by atoms with E-state index in [0.29, 0.717) is 27.5 Å². The number of carbonyl (C=O) groups is 1. The first kappa shape index (κ1) is 19.9. The number of hydrogen-bond donors (Lipinski definition) is 0. The fourth-order valence-electron chi connectivity index (χ4n) is 2.78. The first-order valence-electron chi connectivity index (χ1n) is 8.82. The molecule has 0 spiro atoms. The number of ketones is 1. The Kier molecular flexibility index (Phi) is 5.93. The van der Waals surface area contributed by atoms with E-state index in [-0.39, 0.29) is 11.5 Å². The van der Waals surface area contributed by atoms with Crippen LogP contribution in [0.25, 0.3) is 21.8 Å². The zero-order valence-corrected chi connectivity index (χ0v) is 17.1. The number of hydrogen-bond acceptors (Lipinski definition) is 7. The number of carbonyl (C=O) groups excluding carboxylic acids is 1. The minimum absolute atomic E-state index is 0.0706. The van der Waals surface area contributed by atoms with Gasteiger partial charge in [-0.15, -0.1) is 11.3 Å². The molecular weight excluding hydrogens is 419 g/mol. The summed E-state index contributed by atoms with van der Waals surface area (Å²) in [6.45, 7) is 0. The minimum Gasteiger partial charge on any atom is -0.293 e. The summed E-state index contributed by atoms with van der Waals surface area (Å²) in [4.78, 5) is 26.4. The van der Waals surface area contributed by atoms with Crippen molar-refractivity contribution in [3.05, 3.63) is 83.4 Å². The van der Waals surface area contributed by atoms with Crippen LogP contribution in [0.1, 0.15) is 15.9 Å². The SMILES string of the molecule is N#Cc1c(-c2cccs2)cc(-c2cnccn2)nc1SCC(=O)c1ccc(F)cc1. The van der Waals surface area contributed by atoms with Gasteiger partial charge in [-0.25, -0.2) is 9.37 Å². The lowest BCUT2D eigenvalue weighted by molar-refractivity contribution is 0.102. The maximum Gasteiger partial charge on any atom is 0.173 e. The Morgan fingerprint density at radius 3 is 2.67 bits per heavy atom. The van der Waals surface area contributed by atoms with Crippen LogP contribution in [-0.4, -0.2) is 26.5 Å². The highest BCUT2D eigenvalue weighted by Gasteiger charge is 2.18. The summed E-state index contributed by atoms with van der Waals surface area (Å²) >= 11 is 2.69. The van der Waals surface area contributed by atoms with Crippen molar-refractivity contribution in [3.8, 4) is 27.9 Å². The molecule has 5 nitrogen and oxygen atoms in total. The Labute approximate surface area is 180 Å². The van der Waals surface area contributed by atoms with Crippen molar-refractivity contribution < 1.29 is 9.18 Å². The van der Waals surface area contributed by atoms with Gasteiger partial charge in [-0.05, 0) is 41.8 Å². The number of thiophene rings is 1. The maximum atomic E-state index is 13.1. The van der Waals surface area contributed by atoms with Gasteiger partial charge in [-0.2, -0.15) is 5.26 Å². The normalized spacial score (nSPS) is 10.5. The average molecular weight is 433 g/mol. The number of aromatic nitrogens is 3. The number of nitriles is 1. The molecule has 8 heteroatoms. The third-order valence-corrected chi connectivity index (χ3v) is 6.10. The summed E-state index contributed by atoms with van der Waals surface area (Å²) in [5.74, 6) is -0.501. The Hall–Kier alpha value is -3.41. The molecule has 0 radical (unpaired) electrons. The van der Waals surface area contributed by atoms with Gasteiger partial charge in [0, 0.05) is 28.4 Å². The van der Waals surface area contributed by atoms with Crippen LogP contribution in [0.2, 0.25) is 0 Å². The Bertz CT molecular complexity index is 1220. The summed E-state index contributed by atoms with van der Waals surface area (Å²) in [5, 5.41) is 12.2. The maximum absolute atomic E-state index is 13.1. The van der Waals surface area contributed by atoms with Gasteiger partial charge >= 0.3 is 0 Å². The molecule has 1 aromatic carbocycles. The van der Waals surface area contributed by atoms with Crippen LogP contribution >= 0.6 is 23.1 Å². The number of rotatable bonds is 6. The molecule has 4 aromatic rings. The zero-order chi connectivity index (χ0) is 20.9. The molecule has 0 aliphatic rings. The number of thioether (sulfide) groups is 1. The number of benzene rings is 1. The zero-order valence-electron chi connectivity index (χ0n) is 15.4. The van der Waals surface area contributed by atoms with Crippen molar-refractivity contribution >= 4 is 28.9 Å². The molecule has 3 heterocycles. The van der Waals surface area contributed by atoms with Crippen molar-refractivity contribution in [2.75, 3.05) is 5.75 Å². The van der Waals surface area contributed by atoms with Crippen LogP contribution in [0.15, 0.2) is 71.5 Å². The lowest BCUT2D eigenvalue weighted by Gasteiger charge is -2.10. The molecular formula is C22H13FN4OS2. The van der Waals surface area contributed by atoms with Gasteiger partial charge in [0.2, 0.25) is 0 Å². The molecule has 3 aromatic heterocycles. The van der Waals surface area contributed by atoms with Crippen molar-refractivity contribution in [2.45, 2.75) is 5.03 Å². The van der Waals surface area contributed by atoms with E-state index in [9.17, 15) is 14.4 Å². The standard InChI is InChI=1S/C22H13FN4OS2/c23-15-5-3-14(4-6-15)20(28)13-30-22-17(11-24)16(21-2-1-9-29-21)10-18(27-22)19-12-25-7-8-26-19/h1-10,12H,13H2. The first-order chi connectivity index (χ1) is 14.7. The monoisotopic (exact) mass is 432 g/mol. The molecule has 0 N–H and O–H groups in total. The van der Waals surface area contributed by atoms with Gasteiger partial charge in [0.05, 0.1) is 23.2 Å². The third-order valence-electron chi connectivity index (χ3n) is 4.22. The lowest BCUT2D eigenvalue weighted by atomic mass is 10.1. The van der Waals surface area contributed by atoms with E-state index < -0.39 is 5.82 Å². The second kappa shape index (κ2) is 8.95. The molecule has 0 fully saturated rings. The fraction of sp³-hybridized carbons (Fsp3) is 0.0455. The van der Waals surface area contributed by atoms with E-state index in [0.717, 1.165) is 10.4 Å². The molecule has 4 rings (SSSR count). The van der Waals surface area contributed by atoms with Crippen LogP contribution in [0.5, 0.6) is 0 Å². The average Bonchev–Trinajstić information content (AvgIpc) is 3.32. The molecule has 146 valence electrons. The highest BCUT2D eigenvalue weighted by Crippen LogP contribution is 2.35. The van der Waals surface area contributed by atoms with Crippen molar-refractivity contribution in [3.63, 3.8) is 0 Å². The minimum atomic E-state index is -0.398. The Morgan fingerprint density at radius 1 is 1.17 bits per heavy atom. The van der Waals surface area contributed by atoms with Gasteiger partial charge in [0.15, 0.2) is 5.78 Å². The van der Waals surface area contributed by atoms with Crippen molar-refractivity contribution in [1.29, 1.82) is 5.26 Å². The third kappa shape index (κ3) is 4.27.